The molecule has 1 aromatic carbocycles. The van der Waals surface area contributed by atoms with Crippen LogP contribution < -0.4 is 15.2 Å². The molecule has 1 aliphatic rings. The van der Waals surface area contributed by atoms with Crippen LogP contribution in [0.3, 0.4) is 0 Å². The van der Waals surface area contributed by atoms with Gasteiger partial charge in [0.2, 0.25) is 10.0 Å². The van der Waals surface area contributed by atoms with Crippen LogP contribution in [0.15, 0.2) is 29.2 Å². The maximum absolute atomic E-state index is 11.4. The molecule has 94 valence electrons. The summed E-state index contributed by atoms with van der Waals surface area (Å²) in [5.41, 5.74) is 0. The molecular weight excluding hydrogens is 240 g/mol. The van der Waals surface area contributed by atoms with E-state index in [1.54, 1.807) is 18.2 Å². The number of nitrogens with two attached hydrogens (primary N) is 1. The van der Waals surface area contributed by atoms with Gasteiger partial charge in [-0.2, -0.15) is 0 Å². The molecule has 1 saturated heterocycles. The van der Waals surface area contributed by atoms with Crippen molar-refractivity contribution in [3.05, 3.63) is 24.3 Å². The summed E-state index contributed by atoms with van der Waals surface area (Å²) in [5, 5.41) is 8.35. The lowest BCUT2D eigenvalue weighted by Gasteiger charge is -2.24. The molecule has 0 bridgehead atoms. The average Bonchev–Trinajstić information content (AvgIpc) is 2.30. The first-order chi connectivity index (χ1) is 8.07. The Kier molecular flexibility index (Phi) is 3.66. The number of sulfonamides is 1. The van der Waals surface area contributed by atoms with Crippen molar-refractivity contribution < 1.29 is 13.2 Å². The minimum Gasteiger partial charge on any atom is -0.488 e. The van der Waals surface area contributed by atoms with Gasteiger partial charge in [0.25, 0.3) is 0 Å². The van der Waals surface area contributed by atoms with Gasteiger partial charge in [-0.1, -0.05) is 12.1 Å². The fourth-order valence-corrected chi connectivity index (χ4v) is 2.55. The lowest BCUT2D eigenvalue weighted by molar-refractivity contribution is 0.163. The number of primary sulfonamides is 1. The molecule has 0 amide bonds. The first-order valence-electron chi connectivity index (χ1n) is 5.56. The zero-order chi connectivity index (χ0) is 12.3. The van der Waals surface area contributed by atoms with Crippen molar-refractivity contribution >= 4 is 10.0 Å². The molecule has 0 aromatic heterocycles. The number of benzene rings is 1. The number of hydrogen-bond acceptors (Lipinski definition) is 4. The second-order valence-electron chi connectivity index (χ2n) is 4.08. The van der Waals surface area contributed by atoms with Gasteiger partial charge < -0.3 is 10.1 Å². The van der Waals surface area contributed by atoms with Crippen LogP contribution in [-0.2, 0) is 10.0 Å². The lowest BCUT2D eigenvalue weighted by Crippen LogP contribution is -2.37. The molecule has 5 nitrogen and oxygen atoms in total. The van der Waals surface area contributed by atoms with Gasteiger partial charge in [0, 0.05) is 6.54 Å². The van der Waals surface area contributed by atoms with Crippen LogP contribution in [0.1, 0.15) is 12.8 Å². The van der Waals surface area contributed by atoms with E-state index in [0.29, 0.717) is 5.75 Å². The lowest BCUT2D eigenvalue weighted by atomic mass is 10.1. The molecule has 1 aromatic rings. The van der Waals surface area contributed by atoms with Crippen molar-refractivity contribution in [3.8, 4) is 5.75 Å². The summed E-state index contributed by atoms with van der Waals surface area (Å²) in [6.07, 6.45) is 1.96. The fourth-order valence-electron chi connectivity index (χ4n) is 1.88. The smallest absolute Gasteiger partial charge is 0.241 e. The predicted molar refractivity (Wildman–Crippen MR) is 64.3 cm³/mol. The minimum atomic E-state index is -3.73. The van der Waals surface area contributed by atoms with E-state index in [1.165, 1.54) is 6.07 Å². The highest BCUT2D eigenvalue weighted by Crippen LogP contribution is 2.24. The summed E-state index contributed by atoms with van der Waals surface area (Å²) in [4.78, 5) is 0.0468. The molecule has 1 aliphatic heterocycles. The summed E-state index contributed by atoms with van der Waals surface area (Å²) in [7, 11) is -3.73. The summed E-state index contributed by atoms with van der Waals surface area (Å²) < 4.78 is 28.4. The Morgan fingerprint density at radius 3 is 2.76 bits per heavy atom. The average molecular weight is 256 g/mol. The molecule has 1 fully saturated rings. The van der Waals surface area contributed by atoms with Crippen molar-refractivity contribution in [1.82, 2.24) is 5.32 Å². The molecular formula is C11H16N2O3S. The highest BCUT2D eigenvalue weighted by molar-refractivity contribution is 7.89. The van der Waals surface area contributed by atoms with Gasteiger partial charge in [-0.05, 0) is 31.5 Å². The monoisotopic (exact) mass is 256 g/mol. The normalized spacial score (nSPS) is 21.1. The number of para-hydroxylation sites is 1. The zero-order valence-electron chi connectivity index (χ0n) is 9.43. The summed E-state index contributed by atoms with van der Waals surface area (Å²) in [6.45, 7) is 1.72. The molecule has 1 heterocycles. The van der Waals surface area contributed by atoms with E-state index in [9.17, 15) is 8.42 Å². The molecule has 0 radical (unpaired) electrons. The third kappa shape index (κ3) is 3.18. The molecule has 0 saturated carbocycles. The van der Waals surface area contributed by atoms with E-state index in [0.717, 1.165) is 25.9 Å². The van der Waals surface area contributed by atoms with Crippen molar-refractivity contribution in [3.63, 3.8) is 0 Å². The number of rotatable bonds is 3. The molecule has 3 N–H and O–H groups in total. The van der Waals surface area contributed by atoms with Crippen molar-refractivity contribution in [2.24, 2.45) is 5.14 Å². The first-order valence-corrected chi connectivity index (χ1v) is 7.11. The quantitative estimate of drug-likeness (QED) is 0.823. The molecule has 0 spiro atoms. The van der Waals surface area contributed by atoms with Gasteiger partial charge in [-0.3, -0.25) is 0 Å². The van der Waals surface area contributed by atoms with Crippen LogP contribution in [0.5, 0.6) is 5.75 Å². The van der Waals surface area contributed by atoms with E-state index in [2.05, 4.69) is 5.32 Å². The van der Waals surface area contributed by atoms with Gasteiger partial charge in [0.15, 0.2) is 0 Å². The fraction of sp³-hybridized carbons (Fsp3) is 0.455. The summed E-state index contributed by atoms with van der Waals surface area (Å²) in [6, 6.07) is 6.46. The third-order valence-corrected chi connectivity index (χ3v) is 3.65. The van der Waals surface area contributed by atoms with Crippen LogP contribution in [0, 0.1) is 0 Å². The van der Waals surface area contributed by atoms with Gasteiger partial charge >= 0.3 is 0 Å². The SMILES string of the molecule is NS(=O)(=O)c1ccccc1OC1CCCNC1. The third-order valence-electron chi connectivity index (χ3n) is 2.70. The summed E-state index contributed by atoms with van der Waals surface area (Å²) in [5.74, 6) is 0.337. The first kappa shape index (κ1) is 12.3. The Morgan fingerprint density at radius 2 is 2.12 bits per heavy atom. The maximum Gasteiger partial charge on any atom is 0.241 e. The van der Waals surface area contributed by atoms with Gasteiger partial charge in [-0.15, -0.1) is 0 Å². The van der Waals surface area contributed by atoms with Crippen LogP contribution in [0.2, 0.25) is 0 Å². The Hall–Kier alpha value is -1.11. The maximum atomic E-state index is 11.4. The molecule has 1 unspecified atom stereocenters. The highest BCUT2D eigenvalue weighted by Gasteiger charge is 2.19. The number of nitrogens with one attached hydrogen (secondary N) is 1. The molecule has 17 heavy (non-hydrogen) atoms. The van der Waals surface area contributed by atoms with E-state index in [1.807, 2.05) is 0 Å². The zero-order valence-corrected chi connectivity index (χ0v) is 10.2. The van der Waals surface area contributed by atoms with E-state index < -0.39 is 10.0 Å². The van der Waals surface area contributed by atoms with Crippen molar-refractivity contribution in [2.45, 2.75) is 23.8 Å². The van der Waals surface area contributed by atoms with Gasteiger partial charge in [0.1, 0.15) is 16.7 Å². The van der Waals surface area contributed by atoms with E-state index >= 15 is 0 Å². The Morgan fingerprint density at radius 1 is 1.35 bits per heavy atom. The van der Waals surface area contributed by atoms with E-state index in [-0.39, 0.29) is 11.0 Å². The number of hydrogen-bond donors (Lipinski definition) is 2. The van der Waals surface area contributed by atoms with Crippen LogP contribution >= 0.6 is 0 Å². The van der Waals surface area contributed by atoms with Crippen LogP contribution in [-0.4, -0.2) is 27.6 Å². The van der Waals surface area contributed by atoms with Crippen molar-refractivity contribution in [1.29, 1.82) is 0 Å². The number of piperidine rings is 1. The highest BCUT2D eigenvalue weighted by atomic mass is 32.2. The Balaban J connectivity index is 2.20. The largest absolute Gasteiger partial charge is 0.488 e. The molecule has 6 heteroatoms. The van der Waals surface area contributed by atoms with Crippen LogP contribution in [0.4, 0.5) is 0 Å². The second kappa shape index (κ2) is 5.03. The topological polar surface area (TPSA) is 81.4 Å². The van der Waals surface area contributed by atoms with Crippen LogP contribution in [0.25, 0.3) is 0 Å². The van der Waals surface area contributed by atoms with Crippen molar-refractivity contribution in [2.75, 3.05) is 13.1 Å². The minimum absolute atomic E-state index is 0.00616. The van der Waals surface area contributed by atoms with Gasteiger partial charge in [0.05, 0.1) is 0 Å². The Bertz CT molecular complexity index is 481. The van der Waals surface area contributed by atoms with Gasteiger partial charge in [-0.25, -0.2) is 13.6 Å². The summed E-state index contributed by atoms with van der Waals surface area (Å²) >= 11 is 0. The molecule has 1 atom stereocenters. The predicted octanol–water partition coefficient (Wildman–Crippen LogP) is 0.465. The second-order valence-corrected chi connectivity index (χ2v) is 5.61. The Labute approximate surface area is 101 Å². The number of ether oxygens (including phenoxy) is 1. The molecule has 2 rings (SSSR count). The standard InChI is InChI=1S/C11H16N2O3S/c12-17(14,15)11-6-2-1-5-10(11)16-9-4-3-7-13-8-9/h1-2,5-6,9,13H,3-4,7-8H2,(H2,12,14,15). The molecule has 0 aliphatic carbocycles. The van der Waals surface area contributed by atoms with E-state index in [4.69, 9.17) is 9.88 Å².